The maximum atomic E-state index is 2.42. The first kappa shape index (κ1) is 31.3. The van der Waals surface area contributed by atoms with Gasteiger partial charge in [-0.2, -0.15) is 0 Å². The minimum absolute atomic E-state index is 0.0872. The van der Waals surface area contributed by atoms with Crippen molar-refractivity contribution in [3.8, 4) is 33.4 Å². The minimum atomic E-state index is -0.0872. The first-order chi connectivity index (χ1) is 26.0. The van der Waals surface area contributed by atoms with E-state index >= 15 is 0 Å². The molecule has 1 aliphatic carbocycles. The van der Waals surface area contributed by atoms with Crippen molar-refractivity contribution < 1.29 is 0 Å². The molecule has 0 aromatic heterocycles. The van der Waals surface area contributed by atoms with Crippen LogP contribution in [0.3, 0.4) is 0 Å². The molecule has 0 atom stereocenters. The lowest BCUT2D eigenvalue weighted by Gasteiger charge is -2.29. The van der Waals surface area contributed by atoms with Crippen molar-refractivity contribution in [2.24, 2.45) is 0 Å². The summed E-state index contributed by atoms with van der Waals surface area (Å²) in [6, 6.07) is 67.1. The number of hydrogen-bond donors (Lipinski definition) is 0. The average Bonchev–Trinajstić information content (AvgIpc) is 3.44. The summed E-state index contributed by atoms with van der Waals surface area (Å²) in [6.45, 7) is 6.96. The molecule has 10 rings (SSSR count). The topological polar surface area (TPSA) is 3.24 Å². The quantitative estimate of drug-likeness (QED) is 0.164. The summed E-state index contributed by atoms with van der Waals surface area (Å²) in [4.78, 5) is 2.42. The van der Waals surface area contributed by atoms with Crippen LogP contribution in [0.4, 0.5) is 17.1 Å². The van der Waals surface area contributed by atoms with Gasteiger partial charge in [-0.15, -0.1) is 0 Å². The summed E-state index contributed by atoms with van der Waals surface area (Å²) in [6.07, 6.45) is 0. The molecule has 0 bridgehead atoms. The van der Waals surface area contributed by atoms with Crippen molar-refractivity contribution >= 4 is 49.4 Å². The van der Waals surface area contributed by atoms with Crippen molar-refractivity contribution in [1.82, 2.24) is 0 Å². The fourth-order valence-electron chi connectivity index (χ4n) is 8.90. The van der Waals surface area contributed by atoms with Crippen LogP contribution < -0.4 is 4.90 Å². The van der Waals surface area contributed by atoms with Gasteiger partial charge in [-0.3, -0.25) is 0 Å². The van der Waals surface area contributed by atoms with E-state index in [9.17, 15) is 0 Å². The highest BCUT2D eigenvalue weighted by Gasteiger charge is 2.35. The van der Waals surface area contributed by atoms with Crippen LogP contribution in [0.1, 0.15) is 30.5 Å². The second-order valence-corrected chi connectivity index (χ2v) is 15.0. The van der Waals surface area contributed by atoms with Gasteiger partial charge in [0.05, 0.1) is 0 Å². The van der Waals surface area contributed by atoms with Crippen LogP contribution in [0, 0.1) is 6.92 Å². The van der Waals surface area contributed by atoms with Crippen LogP contribution in [-0.2, 0) is 5.41 Å². The van der Waals surface area contributed by atoms with Gasteiger partial charge in [0.2, 0.25) is 0 Å². The highest BCUT2D eigenvalue weighted by Crippen LogP contribution is 2.51. The summed E-state index contributed by atoms with van der Waals surface area (Å²) in [7, 11) is 0. The summed E-state index contributed by atoms with van der Waals surface area (Å²) in [5.74, 6) is 0. The fraction of sp³-hybridized carbons (Fsp3) is 0.0769. The summed E-state index contributed by atoms with van der Waals surface area (Å²) >= 11 is 0. The largest absolute Gasteiger partial charge is 0.310 e. The van der Waals surface area contributed by atoms with Gasteiger partial charge in [-0.1, -0.05) is 153 Å². The van der Waals surface area contributed by atoms with E-state index in [-0.39, 0.29) is 5.41 Å². The molecule has 0 aliphatic heterocycles. The van der Waals surface area contributed by atoms with Gasteiger partial charge in [0, 0.05) is 22.5 Å². The first-order valence-electron chi connectivity index (χ1n) is 18.6. The smallest absolute Gasteiger partial charge is 0.0465 e. The van der Waals surface area contributed by atoms with E-state index in [1.807, 2.05) is 0 Å². The molecule has 0 fully saturated rings. The van der Waals surface area contributed by atoms with Crippen LogP contribution in [0.25, 0.3) is 65.7 Å². The molecular formula is C52H39N. The van der Waals surface area contributed by atoms with E-state index in [0.29, 0.717) is 0 Å². The number of nitrogens with zero attached hydrogens (tertiary/aromatic N) is 1. The molecule has 9 aromatic carbocycles. The van der Waals surface area contributed by atoms with Crippen LogP contribution in [0.2, 0.25) is 0 Å². The third kappa shape index (κ3) is 4.99. The van der Waals surface area contributed by atoms with Gasteiger partial charge in [0.25, 0.3) is 0 Å². The Morgan fingerprint density at radius 3 is 1.51 bits per heavy atom. The molecule has 0 spiro atoms. The molecule has 0 N–H and O–H groups in total. The third-order valence-corrected chi connectivity index (χ3v) is 11.6. The number of anilines is 3. The molecular weight excluding hydrogens is 639 g/mol. The molecule has 53 heavy (non-hydrogen) atoms. The molecule has 0 unspecified atom stereocenters. The van der Waals surface area contributed by atoms with E-state index in [0.717, 1.165) is 17.1 Å². The van der Waals surface area contributed by atoms with Gasteiger partial charge in [-0.05, 0) is 132 Å². The monoisotopic (exact) mass is 677 g/mol. The molecule has 252 valence electrons. The Morgan fingerprint density at radius 2 is 0.830 bits per heavy atom. The summed E-state index contributed by atoms with van der Waals surface area (Å²) in [5.41, 5.74) is 14.9. The van der Waals surface area contributed by atoms with Crippen molar-refractivity contribution in [2.45, 2.75) is 26.2 Å². The molecule has 1 nitrogen and oxygen atoms in total. The molecule has 0 saturated heterocycles. The third-order valence-electron chi connectivity index (χ3n) is 11.6. The van der Waals surface area contributed by atoms with Crippen LogP contribution in [0.5, 0.6) is 0 Å². The van der Waals surface area contributed by atoms with Crippen molar-refractivity contribution in [2.75, 3.05) is 4.90 Å². The lowest BCUT2D eigenvalue weighted by atomic mass is 9.82. The minimum Gasteiger partial charge on any atom is -0.310 e. The standard InChI is InChI=1S/C52H39N/c1-34-31-39(26-29-41(34)37-23-28-46-44-17-8-7-15-42(44)43-16-9-10-18-45(43)49(46)32-37)53(38-24-21-36(22-25-38)35-13-5-4-6-14-35)40-27-30-48-47-19-11-12-20-50(47)52(2,3)51(48)33-40/h4-33H,1-3H3. The van der Waals surface area contributed by atoms with Gasteiger partial charge < -0.3 is 4.90 Å². The lowest BCUT2D eigenvalue weighted by molar-refractivity contribution is 0.660. The van der Waals surface area contributed by atoms with Crippen LogP contribution >= 0.6 is 0 Å². The van der Waals surface area contributed by atoms with Gasteiger partial charge in [-0.25, -0.2) is 0 Å². The van der Waals surface area contributed by atoms with Gasteiger partial charge >= 0.3 is 0 Å². The highest BCUT2D eigenvalue weighted by molar-refractivity contribution is 6.25. The normalized spacial score (nSPS) is 13.0. The van der Waals surface area contributed by atoms with E-state index in [2.05, 4.69) is 208 Å². The Morgan fingerprint density at radius 1 is 0.340 bits per heavy atom. The zero-order valence-electron chi connectivity index (χ0n) is 30.3. The second-order valence-electron chi connectivity index (χ2n) is 15.0. The zero-order valence-corrected chi connectivity index (χ0v) is 30.3. The predicted molar refractivity (Wildman–Crippen MR) is 227 cm³/mol. The Hall–Kier alpha value is -6.44. The van der Waals surface area contributed by atoms with Crippen LogP contribution in [-0.4, -0.2) is 0 Å². The second kappa shape index (κ2) is 12.1. The molecule has 1 heteroatoms. The Bertz CT molecular complexity index is 2830. The molecule has 0 heterocycles. The number of rotatable bonds is 5. The van der Waals surface area contributed by atoms with Gasteiger partial charge in [0.1, 0.15) is 0 Å². The van der Waals surface area contributed by atoms with E-state index < -0.39 is 0 Å². The zero-order chi connectivity index (χ0) is 35.7. The van der Waals surface area contributed by atoms with Gasteiger partial charge in [0.15, 0.2) is 0 Å². The Balaban J connectivity index is 1.11. The Kier molecular flexibility index (Phi) is 7.13. The molecule has 0 amide bonds. The van der Waals surface area contributed by atoms with Crippen molar-refractivity contribution in [1.29, 1.82) is 0 Å². The van der Waals surface area contributed by atoms with E-state index in [4.69, 9.17) is 0 Å². The number of aryl methyl sites for hydroxylation is 1. The molecule has 0 saturated carbocycles. The number of benzene rings is 9. The lowest BCUT2D eigenvalue weighted by Crippen LogP contribution is -2.16. The maximum Gasteiger partial charge on any atom is 0.0465 e. The average molecular weight is 678 g/mol. The van der Waals surface area contributed by atoms with Crippen molar-refractivity contribution in [3.63, 3.8) is 0 Å². The Labute approximate surface area is 311 Å². The highest BCUT2D eigenvalue weighted by atomic mass is 15.1. The molecule has 1 aliphatic rings. The van der Waals surface area contributed by atoms with Crippen LogP contribution in [0.15, 0.2) is 182 Å². The first-order valence-corrected chi connectivity index (χ1v) is 18.6. The molecule has 0 radical (unpaired) electrons. The summed E-state index contributed by atoms with van der Waals surface area (Å²) < 4.78 is 0. The molecule has 9 aromatic rings. The number of fused-ring (bicyclic) bond motifs is 9. The maximum absolute atomic E-state index is 2.42. The predicted octanol–water partition coefficient (Wildman–Crippen LogP) is 14.6. The fourth-order valence-corrected chi connectivity index (χ4v) is 8.90. The SMILES string of the molecule is Cc1cc(N(c2ccc(-c3ccccc3)cc2)c2ccc3c(c2)C(C)(C)c2ccccc2-3)ccc1-c1ccc2c3ccccc3c3ccccc3c2c1. The van der Waals surface area contributed by atoms with Crippen molar-refractivity contribution in [3.05, 3.63) is 199 Å². The van der Waals surface area contributed by atoms with E-state index in [1.165, 1.54) is 82.4 Å². The summed E-state index contributed by atoms with van der Waals surface area (Å²) in [5, 5.41) is 7.79. The van der Waals surface area contributed by atoms with E-state index in [1.54, 1.807) is 0 Å². The number of hydrogen-bond acceptors (Lipinski definition) is 1.